The Labute approximate surface area is 212 Å². The molecule has 3 aromatic carbocycles. The van der Waals surface area contributed by atoms with Gasteiger partial charge in [0.25, 0.3) is 15.9 Å². The van der Waals surface area contributed by atoms with E-state index >= 15 is 0 Å². The minimum atomic E-state index is -4.74. The Kier molecular flexibility index (Phi) is 8.20. The number of halogens is 4. The standard InChI is InChI=1S/C25H24ClF3N2O4S/c1-4-23(35-19-9-5-15(2)16(3)13-19)24(32)30-17-6-10-20(11-7-17)36(33,34)31-18-8-12-22(26)21(14-18)25(27,28)29/h5-14,23,31H,4H2,1-3H3,(H,30,32). The largest absolute Gasteiger partial charge is 0.481 e. The summed E-state index contributed by atoms with van der Waals surface area (Å²) >= 11 is 5.58. The van der Waals surface area contributed by atoms with Crippen LogP contribution in [-0.4, -0.2) is 20.4 Å². The molecule has 0 aliphatic rings. The third kappa shape index (κ3) is 6.70. The molecule has 0 aliphatic heterocycles. The first-order valence-electron chi connectivity index (χ1n) is 10.8. The smallest absolute Gasteiger partial charge is 0.417 e. The summed E-state index contributed by atoms with van der Waals surface area (Å²) in [6, 6.07) is 13.4. The zero-order chi connectivity index (χ0) is 26.7. The van der Waals surface area contributed by atoms with Crippen molar-refractivity contribution in [1.82, 2.24) is 0 Å². The molecule has 0 saturated heterocycles. The molecular weight excluding hydrogens is 517 g/mol. The van der Waals surface area contributed by atoms with Crippen molar-refractivity contribution < 1.29 is 31.1 Å². The predicted molar refractivity (Wildman–Crippen MR) is 133 cm³/mol. The number of alkyl halides is 3. The molecule has 1 unspecified atom stereocenters. The first kappa shape index (κ1) is 27.3. The topological polar surface area (TPSA) is 84.5 Å². The molecule has 0 fully saturated rings. The summed E-state index contributed by atoms with van der Waals surface area (Å²) in [4.78, 5) is 12.5. The first-order chi connectivity index (χ1) is 16.8. The number of aryl methyl sites for hydroxylation is 2. The number of benzene rings is 3. The fourth-order valence-electron chi connectivity index (χ4n) is 3.23. The van der Waals surface area contributed by atoms with Crippen LogP contribution in [-0.2, 0) is 21.0 Å². The lowest BCUT2D eigenvalue weighted by Crippen LogP contribution is -2.32. The van der Waals surface area contributed by atoms with E-state index in [1.165, 1.54) is 24.3 Å². The highest BCUT2D eigenvalue weighted by molar-refractivity contribution is 7.92. The number of hydrogen-bond donors (Lipinski definition) is 2. The van der Waals surface area contributed by atoms with Gasteiger partial charge in [0.2, 0.25) is 0 Å². The zero-order valence-electron chi connectivity index (χ0n) is 19.6. The maximum Gasteiger partial charge on any atom is 0.417 e. The van der Waals surface area contributed by atoms with Gasteiger partial charge in [-0.15, -0.1) is 0 Å². The van der Waals surface area contributed by atoms with Crippen molar-refractivity contribution in [3.05, 3.63) is 82.4 Å². The summed E-state index contributed by atoms with van der Waals surface area (Å²) < 4.78 is 72.4. The Morgan fingerprint density at radius 3 is 2.19 bits per heavy atom. The van der Waals surface area contributed by atoms with Gasteiger partial charge in [-0.25, -0.2) is 8.42 Å². The predicted octanol–water partition coefficient (Wildman–Crippen LogP) is 6.57. The van der Waals surface area contributed by atoms with Crippen LogP contribution in [0.1, 0.15) is 30.0 Å². The van der Waals surface area contributed by atoms with Crippen LogP contribution in [0.25, 0.3) is 0 Å². The van der Waals surface area contributed by atoms with Gasteiger partial charge >= 0.3 is 6.18 Å². The molecular formula is C25H24ClF3N2O4S. The molecule has 11 heteroatoms. The molecule has 0 aliphatic carbocycles. The van der Waals surface area contributed by atoms with Crippen LogP contribution in [0.3, 0.4) is 0 Å². The highest BCUT2D eigenvalue weighted by Crippen LogP contribution is 2.36. The Morgan fingerprint density at radius 1 is 0.972 bits per heavy atom. The van der Waals surface area contributed by atoms with Gasteiger partial charge in [0.1, 0.15) is 5.75 Å². The second-order valence-corrected chi connectivity index (χ2v) is 10.2. The fourth-order valence-corrected chi connectivity index (χ4v) is 4.51. The lowest BCUT2D eigenvalue weighted by atomic mass is 10.1. The van der Waals surface area contributed by atoms with Crippen molar-refractivity contribution in [2.75, 3.05) is 10.0 Å². The average molecular weight is 541 g/mol. The van der Waals surface area contributed by atoms with Crippen LogP contribution < -0.4 is 14.8 Å². The van der Waals surface area contributed by atoms with Crippen LogP contribution in [0.4, 0.5) is 24.5 Å². The van der Waals surface area contributed by atoms with E-state index in [0.717, 1.165) is 23.3 Å². The quantitative estimate of drug-likeness (QED) is 0.338. The van der Waals surface area contributed by atoms with E-state index in [0.29, 0.717) is 23.9 Å². The Hall–Kier alpha value is -3.24. The highest BCUT2D eigenvalue weighted by Gasteiger charge is 2.33. The van der Waals surface area contributed by atoms with Crippen molar-refractivity contribution in [2.45, 2.75) is 44.4 Å². The molecule has 0 aromatic heterocycles. The lowest BCUT2D eigenvalue weighted by Gasteiger charge is -2.18. The molecule has 6 nitrogen and oxygen atoms in total. The minimum Gasteiger partial charge on any atom is -0.481 e. The number of sulfonamides is 1. The summed E-state index contributed by atoms with van der Waals surface area (Å²) in [6.45, 7) is 5.71. The van der Waals surface area contributed by atoms with Gasteiger partial charge in [0.05, 0.1) is 15.5 Å². The maximum atomic E-state index is 13.1. The second-order valence-electron chi connectivity index (χ2n) is 8.07. The molecule has 2 N–H and O–H groups in total. The lowest BCUT2D eigenvalue weighted by molar-refractivity contribution is -0.137. The van der Waals surface area contributed by atoms with Gasteiger partial charge in [-0.1, -0.05) is 24.6 Å². The molecule has 0 saturated carbocycles. The van der Waals surface area contributed by atoms with E-state index in [1.807, 2.05) is 26.0 Å². The number of nitrogens with one attached hydrogen (secondary N) is 2. The SMILES string of the molecule is CCC(Oc1ccc(C)c(C)c1)C(=O)Nc1ccc(S(=O)(=O)Nc2ccc(Cl)c(C(F)(F)F)c2)cc1. The summed E-state index contributed by atoms with van der Waals surface area (Å²) in [5.41, 5.74) is 1.00. The van der Waals surface area contributed by atoms with E-state index in [9.17, 15) is 26.4 Å². The molecule has 0 bridgehead atoms. The third-order valence-corrected chi connectivity index (χ3v) is 7.10. The maximum absolute atomic E-state index is 13.1. The summed E-state index contributed by atoms with van der Waals surface area (Å²) in [5, 5.41) is 2.13. The molecule has 0 radical (unpaired) electrons. The second kappa shape index (κ2) is 10.8. The van der Waals surface area contributed by atoms with Gasteiger partial charge < -0.3 is 10.1 Å². The number of anilines is 2. The summed E-state index contributed by atoms with van der Waals surface area (Å²) in [7, 11) is -4.20. The number of rotatable bonds is 8. The number of hydrogen-bond acceptors (Lipinski definition) is 4. The van der Waals surface area contributed by atoms with E-state index in [1.54, 1.807) is 13.0 Å². The van der Waals surface area contributed by atoms with E-state index in [-0.39, 0.29) is 10.6 Å². The van der Waals surface area contributed by atoms with Crippen molar-refractivity contribution in [3.63, 3.8) is 0 Å². The molecule has 1 amide bonds. The molecule has 36 heavy (non-hydrogen) atoms. The van der Waals surface area contributed by atoms with Crippen LogP contribution >= 0.6 is 11.6 Å². The highest BCUT2D eigenvalue weighted by atomic mass is 35.5. The zero-order valence-corrected chi connectivity index (χ0v) is 21.2. The average Bonchev–Trinajstić information content (AvgIpc) is 2.80. The first-order valence-corrected chi connectivity index (χ1v) is 12.7. The van der Waals surface area contributed by atoms with E-state index < -0.39 is 38.8 Å². The van der Waals surface area contributed by atoms with Crippen LogP contribution in [0.2, 0.25) is 5.02 Å². The number of amides is 1. The van der Waals surface area contributed by atoms with Crippen LogP contribution in [0, 0.1) is 13.8 Å². The van der Waals surface area contributed by atoms with Crippen LogP contribution in [0.15, 0.2) is 65.6 Å². The summed E-state index contributed by atoms with van der Waals surface area (Å²) in [5.74, 6) is 0.147. The molecule has 1 atom stereocenters. The van der Waals surface area contributed by atoms with E-state index in [2.05, 4.69) is 10.0 Å². The Morgan fingerprint density at radius 2 is 1.61 bits per heavy atom. The number of ether oxygens (including phenoxy) is 1. The van der Waals surface area contributed by atoms with Gasteiger partial charge in [-0.3, -0.25) is 9.52 Å². The molecule has 3 aromatic rings. The Bertz CT molecular complexity index is 1360. The molecule has 192 valence electrons. The van der Waals surface area contributed by atoms with Crippen molar-refractivity contribution in [3.8, 4) is 5.75 Å². The van der Waals surface area contributed by atoms with Crippen molar-refractivity contribution in [2.24, 2.45) is 0 Å². The van der Waals surface area contributed by atoms with Gasteiger partial charge in [-0.2, -0.15) is 13.2 Å². The normalized spacial score (nSPS) is 12.6. The van der Waals surface area contributed by atoms with Gasteiger partial charge in [-0.05, 0) is 86.0 Å². The Balaban J connectivity index is 1.70. The van der Waals surface area contributed by atoms with Gasteiger partial charge in [0, 0.05) is 11.4 Å². The molecule has 0 spiro atoms. The number of carbonyl (C=O) groups is 1. The van der Waals surface area contributed by atoms with Crippen LogP contribution in [0.5, 0.6) is 5.75 Å². The number of carbonyl (C=O) groups excluding carboxylic acids is 1. The molecule has 3 rings (SSSR count). The summed E-state index contributed by atoms with van der Waals surface area (Å²) in [6.07, 6.45) is -5.11. The van der Waals surface area contributed by atoms with Crippen molar-refractivity contribution >= 4 is 38.9 Å². The van der Waals surface area contributed by atoms with Gasteiger partial charge in [0.15, 0.2) is 6.10 Å². The fraction of sp³-hybridized carbons (Fsp3) is 0.240. The molecule has 0 heterocycles. The third-order valence-electron chi connectivity index (χ3n) is 5.38. The monoisotopic (exact) mass is 540 g/mol. The minimum absolute atomic E-state index is 0.206. The van der Waals surface area contributed by atoms with Crippen molar-refractivity contribution in [1.29, 1.82) is 0 Å². The van der Waals surface area contributed by atoms with E-state index in [4.69, 9.17) is 16.3 Å².